The largest absolute Gasteiger partial charge is 0.494 e. The van der Waals surface area contributed by atoms with E-state index in [1.165, 1.54) is 12.1 Å². The first-order chi connectivity index (χ1) is 31.9. The molecule has 1 atom stereocenters. The highest BCUT2D eigenvalue weighted by atomic mass is 79.9. The van der Waals surface area contributed by atoms with E-state index >= 15 is 8.78 Å². The minimum Gasteiger partial charge on any atom is -0.494 e. The summed E-state index contributed by atoms with van der Waals surface area (Å²) in [5.41, 5.74) is 5.93. The first-order valence-corrected chi connectivity index (χ1v) is 26.1. The van der Waals surface area contributed by atoms with Gasteiger partial charge in [0, 0.05) is 110 Å². The second kappa shape index (κ2) is 19.7. The molecule has 1 unspecified atom stereocenters. The molecule has 17 heteroatoms. The number of benzene rings is 3. The molecule has 9 rings (SSSR count). The third-order valence-electron chi connectivity index (χ3n) is 13.9. The number of methoxy groups -OCH3 is 1. The number of rotatable bonds is 13. The van der Waals surface area contributed by atoms with Crippen LogP contribution in [0.25, 0.3) is 10.9 Å². The fourth-order valence-electron chi connectivity index (χ4n) is 10.3. The summed E-state index contributed by atoms with van der Waals surface area (Å²) in [5, 5.41) is 10.9. The molecular weight excluding hydrogens is 927 g/mol. The van der Waals surface area contributed by atoms with Crippen molar-refractivity contribution in [3.05, 3.63) is 93.2 Å². The Morgan fingerprint density at radius 2 is 1.65 bits per heavy atom. The van der Waals surface area contributed by atoms with Crippen LogP contribution in [0.15, 0.2) is 59.2 Å². The van der Waals surface area contributed by atoms with Crippen LogP contribution >= 0.6 is 23.1 Å². The molecule has 0 radical (unpaired) electrons. The van der Waals surface area contributed by atoms with E-state index in [9.17, 15) is 14.2 Å². The number of hydrogen-bond donors (Lipinski definition) is 3. The summed E-state index contributed by atoms with van der Waals surface area (Å²) in [5.74, 6) is -1.89. The number of aromatic nitrogens is 3. The van der Waals surface area contributed by atoms with Crippen LogP contribution in [0.3, 0.4) is 0 Å². The predicted molar refractivity (Wildman–Crippen MR) is 260 cm³/mol. The van der Waals surface area contributed by atoms with Gasteiger partial charge in [0.1, 0.15) is 30.3 Å². The molecule has 4 saturated heterocycles. The Kier molecular flexibility index (Phi) is 13.7. The summed E-state index contributed by atoms with van der Waals surface area (Å²) >= 11 is 3.65. The summed E-state index contributed by atoms with van der Waals surface area (Å²) in [4.78, 5) is 45.5. The lowest BCUT2D eigenvalue weighted by Gasteiger charge is -2.43. The number of imide groups is 1. The smallest absolute Gasteiger partial charge is 0.234 e. The molecule has 0 bridgehead atoms. The van der Waals surface area contributed by atoms with Crippen molar-refractivity contribution in [3.63, 3.8) is 0 Å². The number of piperidine rings is 2. The van der Waals surface area contributed by atoms with Crippen molar-refractivity contribution in [1.82, 2.24) is 30.1 Å². The minimum atomic E-state index is -2.65. The van der Waals surface area contributed by atoms with Crippen LogP contribution < -0.4 is 30.9 Å². The van der Waals surface area contributed by atoms with Gasteiger partial charge in [0.2, 0.25) is 17.8 Å². The molecule has 5 aromatic rings. The fraction of sp³-hybridized carbons (Fsp3) is 0.449. The maximum absolute atomic E-state index is 15.1. The van der Waals surface area contributed by atoms with Crippen LogP contribution in [-0.4, -0.2) is 108 Å². The monoisotopic (exact) mass is 983 g/mol. The molecule has 4 fully saturated rings. The van der Waals surface area contributed by atoms with Crippen LogP contribution in [0.2, 0.25) is 0 Å². The van der Waals surface area contributed by atoms with Crippen LogP contribution in [0, 0.1) is 18.6 Å². The number of aryl methyl sites for hydroxylation is 2. The van der Waals surface area contributed by atoms with Gasteiger partial charge < -0.3 is 29.7 Å². The van der Waals surface area contributed by atoms with Crippen molar-refractivity contribution in [1.29, 1.82) is 0 Å². The average molecular weight is 985 g/mol. The number of pyridine rings is 1. The number of carbonyl (C=O) groups is 2. The quantitative estimate of drug-likeness (QED) is 0.0768. The molecule has 13 nitrogen and oxygen atoms in total. The Morgan fingerprint density at radius 1 is 0.909 bits per heavy atom. The van der Waals surface area contributed by atoms with Gasteiger partial charge >= 0.3 is 0 Å². The van der Waals surface area contributed by atoms with Gasteiger partial charge in [-0.25, -0.2) is 13.8 Å². The zero-order valence-corrected chi connectivity index (χ0v) is 40.2. The number of amides is 2. The van der Waals surface area contributed by atoms with E-state index in [1.54, 1.807) is 13.3 Å². The Hall–Kier alpha value is -5.02. The van der Waals surface area contributed by atoms with E-state index in [0.29, 0.717) is 58.9 Å². The van der Waals surface area contributed by atoms with Crippen molar-refractivity contribution in [2.45, 2.75) is 77.2 Å². The minimum absolute atomic E-state index is 0.0654. The molecule has 0 aliphatic carbocycles. The lowest BCUT2D eigenvalue weighted by Crippen LogP contribution is -2.53. The van der Waals surface area contributed by atoms with Gasteiger partial charge in [-0.15, -0.1) is 0 Å². The molecule has 0 spiro atoms. The molecule has 6 heterocycles. The van der Waals surface area contributed by atoms with Gasteiger partial charge in [-0.05, 0) is 115 Å². The Bertz CT molecular complexity index is 2680. The number of fused-ring (bicyclic) bond motifs is 1. The van der Waals surface area contributed by atoms with Gasteiger partial charge in [-0.2, -0.15) is 4.98 Å². The van der Waals surface area contributed by atoms with E-state index in [4.69, 9.17) is 14.7 Å². The molecular formula is C49H57BrF2N9O4P. The highest BCUT2D eigenvalue weighted by Crippen LogP contribution is 2.54. The van der Waals surface area contributed by atoms with E-state index in [2.05, 4.69) is 83.6 Å². The zero-order valence-electron chi connectivity index (χ0n) is 37.8. The van der Waals surface area contributed by atoms with Crippen LogP contribution in [0.1, 0.15) is 73.8 Å². The van der Waals surface area contributed by atoms with Gasteiger partial charge in [-0.1, -0.05) is 13.0 Å². The fourth-order valence-corrected chi connectivity index (χ4v) is 13.9. The van der Waals surface area contributed by atoms with E-state index in [1.807, 2.05) is 18.2 Å². The third-order valence-corrected chi connectivity index (χ3v) is 17.8. The average Bonchev–Trinajstić information content (AvgIpc) is 3.76. The highest BCUT2D eigenvalue weighted by Gasteiger charge is 2.35. The van der Waals surface area contributed by atoms with E-state index in [0.717, 1.165) is 116 Å². The maximum Gasteiger partial charge on any atom is 0.234 e. The molecule has 3 N–H and O–H groups in total. The van der Waals surface area contributed by atoms with Crippen molar-refractivity contribution >= 4 is 79.9 Å². The number of anilines is 5. The van der Waals surface area contributed by atoms with Gasteiger partial charge in [0.25, 0.3) is 0 Å². The second-order valence-corrected chi connectivity index (χ2v) is 22.0. The number of carbonyl (C=O) groups excluding carboxylic acids is 2. The Labute approximate surface area is 393 Å². The van der Waals surface area contributed by atoms with Crippen molar-refractivity contribution < 1.29 is 27.7 Å². The van der Waals surface area contributed by atoms with E-state index in [-0.39, 0.29) is 18.4 Å². The molecule has 2 amide bonds. The van der Waals surface area contributed by atoms with Crippen LogP contribution in [-0.2, 0) is 27.0 Å². The first-order valence-electron chi connectivity index (χ1n) is 23.2. The molecule has 66 heavy (non-hydrogen) atoms. The molecule has 4 aliphatic heterocycles. The lowest BCUT2D eigenvalue weighted by atomic mass is 9.89. The summed E-state index contributed by atoms with van der Waals surface area (Å²) in [6, 6.07) is 15.4. The highest BCUT2D eigenvalue weighted by molar-refractivity contribution is 9.10. The van der Waals surface area contributed by atoms with Crippen molar-refractivity contribution in [2.24, 2.45) is 0 Å². The molecule has 0 saturated carbocycles. The topological polar surface area (TPSA) is 145 Å². The molecule has 3 aromatic carbocycles. The summed E-state index contributed by atoms with van der Waals surface area (Å²) in [6.45, 7) is 10.4. The zero-order chi connectivity index (χ0) is 46.1. The Balaban J connectivity index is 0.804. The number of nitrogens with zero attached hydrogens (tertiary/aromatic N) is 6. The lowest BCUT2D eigenvalue weighted by molar-refractivity contribution is -0.134. The SMILES string of the molecule is CCc1ccc2c(P3(=O)CCCC3)c(Nc3nc(Nc4cc(C)c(N5CCC(N6CCN(CCc7cc(F)c(C8CCC(=O)NC8=O)c(F)c7)CC6)CC5)cc4OC)ncc3Br)ccc2n1. The first kappa shape index (κ1) is 46.1. The van der Waals surface area contributed by atoms with Crippen molar-refractivity contribution in [3.8, 4) is 5.75 Å². The number of halogens is 3. The van der Waals surface area contributed by atoms with Crippen LogP contribution in [0.5, 0.6) is 5.75 Å². The summed E-state index contributed by atoms with van der Waals surface area (Å²) < 4.78 is 51.3. The third kappa shape index (κ3) is 9.70. The van der Waals surface area contributed by atoms with Gasteiger partial charge in [0.05, 0.1) is 34.4 Å². The second-order valence-electron chi connectivity index (χ2n) is 18.0. The maximum atomic E-state index is 15.1. The number of hydrogen-bond acceptors (Lipinski definition) is 12. The number of ether oxygens (including phenoxy) is 1. The summed E-state index contributed by atoms with van der Waals surface area (Å²) in [6.07, 6.45) is 8.56. The Morgan fingerprint density at radius 3 is 2.35 bits per heavy atom. The standard InChI is InChI=1S/C49H57BrF2N9O4P/c1-4-32-7-8-34-39(54-32)10-11-40(46(34)66(64)23-5-6-24-66)55-47-36(50)29-53-49(58-47)56-41-25-30(2)42(28-43(41)65-3)61-17-14-33(15-18-61)60-21-19-59(20-22-60)16-13-31-26-37(51)45(38(52)27-31)35-9-12-44(62)57-48(35)63/h7-8,10-11,25-29,33,35H,4-6,9,12-24H2,1-3H3,(H,57,62,63)(H2,53,55,56,58). The van der Waals surface area contributed by atoms with Crippen molar-refractivity contribution in [2.75, 3.05) is 80.8 Å². The number of nitrogens with one attached hydrogen (secondary N) is 3. The predicted octanol–water partition coefficient (Wildman–Crippen LogP) is 8.56. The molecule has 348 valence electrons. The molecule has 2 aromatic heterocycles. The van der Waals surface area contributed by atoms with Gasteiger partial charge in [0.15, 0.2) is 0 Å². The van der Waals surface area contributed by atoms with Crippen LogP contribution in [0.4, 0.5) is 37.6 Å². The normalized spacial score (nSPS) is 19.6. The van der Waals surface area contributed by atoms with E-state index < -0.39 is 36.5 Å². The molecule has 4 aliphatic rings. The number of piperazine rings is 1. The summed E-state index contributed by atoms with van der Waals surface area (Å²) in [7, 11) is -0.979. The van der Waals surface area contributed by atoms with Gasteiger partial charge in [-0.3, -0.25) is 24.8 Å².